The van der Waals surface area contributed by atoms with Gasteiger partial charge in [-0.3, -0.25) is 10.00 Å². The molecule has 0 aliphatic rings. The molecular weight excluding hydrogens is 284 g/mol. The molecule has 0 saturated heterocycles. The van der Waals surface area contributed by atoms with Crippen LogP contribution in [0.2, 0.25) is 0 Å². The smallest absolute Gasteiger partial charge is 0.138 e. The van der Waals surface area contributed by atoms with Crippen LogP contribution in [0.25, 0.3) is 0 Å². The Balaban J connectivity index is 1.88. The highest BCUT2D eigenvalue weighted by Gasteiger charge is 2.24. The van der Waals surface area contributed by atoms with Gasteiger partial charge in [-0.05, 0) is 25.1 Å². The number of aromatic amines is 1. The standard InChI is InChI=1S/C19H22N4/c1-15(23(2)13-18-20-14-21-22-18)19(16-9-5-3-6-10-16)17-11-7-4-8-12-17/h3-12,14-15,19H,13H2,1-2H3,(H,20,21,22). The molecule has 0 spiro atoms. The first-order valence-corrected chi connectivity index (χ1v) is 7.90. The minimum absolute atomic E-state index is 0.310. The molecule has 3 rings (SSSR count). The van der Waals surface area contributed by atoms with Crippen LogP contribution in [0.15, 0.2) is 67.0 Å². The van der Waals surface area contributed by atoms with Crippen molar-refractivity contribution >= 4 is 0 Å². The lowest BCUT2D eigenvalue weighted by molar-refractivity contribution is 0.225. The number of likely N-dealkylation sites (N-methyl/N-ethyl adjacent to an activating group) is 1. The van der Waals surface area contributed by atoms with E-state index in [1.165, 1.54) is 11.1 Å². The summed E-state index contributed by atoms with van der Waals surface area (Å²) in [6.45, 7) is 3.01. The number of hydrogen-bond donors (Lipinski definition) is 1. The van der Waals surface area contributed by atoms with Crippen LogP contribution in [0.1, 0.15) is 29.8 Å². The molecule has 3 aromatic rings. The van der Waals surface area contributed by atoms with E-state index in [0.717, 1.165) is 12.4 Å². The maximum absolute atomic E-state index is 4.24. The maximum Gasteiger partial charge on any atom is 0.138 e. The lowest BCUT2D eigenvalue weighted by atomic mass is 9.85. The highest BCUT2D eigenvalue weighted by molar-refractivity contribution is 5.34. The summed E-state index contributed by atoms with van der Waals surface area (Å²) in [6.07, 6.45) is 1.56. The van der Waals surface area contributed by atoms with E-state index in [-0.39, 0.29) is 0 Å². The Labute approximate surface area is 137 Å². The van der Waals surface area contributed by atoms with E-state index in [0.29, 0.717) is 12.0 Å². The lowest BCUT2D eigenvalue weighted by Crippen LogP contribution is -2.34. The molecule has 0 aliphatic carbocycles. The van der Waals surface area contributed by atoms with E-state index in [9.17, 15) is 0 Å². The Morgan fingerprint density at radius 3 is 2.00 bits per heavy atom. The van der Waals surface area contributed by atoms with Crippen molar-refractivity contribution in [2.24, 2.45) is 0 Å². The molecular formula is C19H22N4. The van der Waals surface area contributed by atoms with Gasteiger partial charge in [-0.2, -0.15) is 5.10 Å². The lowest BCUT2D eigenvalue weighted by Gasteiger charge is -2.32. The molecule has 23 heavy (non-hydrogen) atoms. The van der Waals surface area contributed by atoms with Crippen LogP contribution in [0, 0.1) is 0 Å². The van der Waals surface area contributed by atoms with E-state index in [1.54, 1.807) is 6.33 Å². The topological polar surface area (TPSA) is 44.8 Å². The number of rotatable bonds is 6. The Hall–Kier alpha value is -2.46. The third-order valence-electron chi connectivity index (χ3n) is 4.36. The van der Waals surface area contributed by atoms with Crippen molar-refractivity contribution in [3.63, 3.8) is 0 Å². The zero-order chi connectivity index (χ0) is 16.1. The van der Waals surface area contributed by atoms with Crippen LogP contribution < -0.4 is 0 Å². The molecule has 2 aromatic carbocycles. The molecule has 4 heteroatoms. The van der Waals surface area contributed by atoms with Crippen LogP contribution in [-0.4, -0.2) is 33.2 Å². The van der Waals surface area contributed by atoms with Crippen LogP contribution in [0.3, 0.4) is 0 Å². The summed E-state index contributed by atoms with van der Waals surface area (Å²) in [5, 5.41) is 6.87. The van der Waals surface area contributed by atoms with Crippen LogP contribution in [0.4, 0.5) is 0 Å². The quantitative estimate of drug-likeness (QED) is 0.758. The van der Waals surface area contributed by atoms with Gasteiger partial charge in [0.2, 0.25) is 0 Å². The van der Waals surface area contributed by atoms with Crippen LogP contribution >= 0.6 is 0 Å². The van der Waals surface area contributed by atoms with Gasteiger partial charge in [-0.15, -0.1) is 0 Å². The minimum Gasteiger partial charge on any atom is -0.295 e. The van der Waals surface area contributed by atoms with E-state index in [4.69, 9.17) is 0 Å². The number of benzene rings is 2. The predicted molar refractivity (Wildman–Crippen MR) is 92.0 cm³/mol. The van der Waals surface area contributed by atoms with E-state index < -0.39 is 0 Å². The molecule has 1 aromatic heterocycles. The fraction of sp³-hybridized carbons (Fsp3) is 0.263. The fourth-order valence-corrected chi connectivity index (χ4v) is 3.01. The van der Waals surface area contributed by atoms with E-state index in [2.05, 4.69) is 94.7 Å². The van der Waals surface area contributed by atoms with Gasteiger partial charge >= 0.3 is 0 Å². The molecule has 0 fully saturated rings. The second-order valence-electron chi connectivity index (χ2n) is 5.89. The summed E-state index contributed by atoms with van der Waals surface area (Å²) in [7, 11) is 2.13. The van der Waals surface area contributed by atoms with Gasteiger partial charge in [-0.1, -0.05) is 60.7 Å². The zero-order valence-corrected chi connectivity index (χ0v) is 13.6. The molecule has 0 saturated carbocycles. The first-order chi connectivity index (χ1) is 11.3. The second-order valence-corrected chi connectivity index (χ2v) is 5.89. The monoisotopic (exact) mass is 306 g/mol. The molecule has 118 valence electrons. The Bertz CT molecular complexity index is 655. The average molecular weight is 306 g/mol. The second kappa shape index (κ2) is 7.20. The van der Waals surface area contributed by atoms with Crippen molar-refractivity contribution in [1.29, 1.82) is 0 Å². The Morgan fingerprint density at radius 2 is 1.52 bits per heavy atom. The van der Waals surface area contributed by atoms with Gasteiger partial charge in [0.25, 0.3) is 0 Å². The number of nitrogens with one attached hydrogen (secondary N) is 1. The number of nitrogens with zero attached hydrogens (tertiary/aromatic N) is 3. The summed E-state index contributed by atoms with van der Waals surface area (Å²) in [5.74, 6) is 1.20. The molecule has 1 atom stereocenters. The highest BCUT2D eigenvalue weighted by Crippen LogP contribution is 2.30. The Kier molecular flexibility index (Phi) is 4.83. The first kappa shape index (κ1) is 15.4. The highest BCUT2D eigenvalue weighted by atomic mass is 15.2. The number of H-pyrrole nitrogens is 1. The minimum atomic E-state index is 0.310. The largest absolute Gasteiger partial charge is 0.295 e. The fourth-order valence-electron chi connectivity index (χ4n) is 3.01. The average Bonchev–Trinajstić information content (AvgIpc) is 3.10. The predicted octanol–water partition coefficient (Wildman–Crippen LogP) is 3.46. The van der Waals surface area contributed by atoms with E-state index in [1.807, 2.05) is 0 Å². The summed E-state index contributed by atoms with van der Waals surface area (Å²) in [5.41, 5.74) is 2.66. The zero-order valence-electron chi connectivity index (χ0n) is 13.6. The van der Waals surface area contributed by atoms with Crippen molar-refractivity contribution in [2.45, 2.75) is 25.4 Å². The van der Waals surface area contributed by atoms with Gasteiger partial charge in [0.15, 0.2) is 0 Å². The van der Waals surface area contributed by atoms with Gasteiger partial charge < -0.3 is 0 Å². The molecule has 1 heterocycles. The summed E-state index contributed by atoms with van der Waals surface area (Å²) >= 11 is 0. The summed E-state index contributed by atoms with van der Waals surface area (Å²) in [4.78, 5) is 6.55. The molecule has 0 amide bonds. The maximum atomic E-state index is 4.24. The third kappa shape index (κ3) is 3.66. The summed E-state index contributed by atoms with van der Waals surface area (Å²) in [6, 6.07) is 21.7. The molecule has 0 aliphatic heterocycles. The number of hydrogen-bond acceptors (Lipinski definition) is 3. The van der Waals surface area contributed by atoms with Crippen molar-refractivity contribution in [3.05, 3.63) is 83.9 Å². The van der Waals surface area contributed by atoms with Crippen molar-refractivity contribution in [3.8, 4) is 0 Å². The molecule has 1 N–H and O–H groups in total. The Morgan fingerprint density at radius 1 is 0.957 bits per heavy atom. The van der Waals surface area contributed by atoms with E-state index >= 15 is 0 Å². The van der Waals surface area contributed by atoms with Crippen molar-refractivity contribution in [2.75, 3.05) is 7.05 Å². The number of aromatic nitrogens is 3. The SMILES string of the molecule is CC(C(c1ccccc1)c1ccccc1)N(C)Cc1ncn[nH]1. The summed E-state index contributed by atoms with van der Waals surface area (Å²) < 4.78 is 0. The normalized spacial score (nSPS) is 12.7. The third-order valence-corrected chi connectivity index (χ3v) is 4.36. The molecule has 1 unspecified atom stereocenters. The van der Waals surface area contributed by atoms with Crippen molar-refractivity contribution in [1.82, 2.24) is 20.1 Å². The van der Waals surface area contributed by atoms with Gasteiger partial charge in [-0.25, -0.2) is 4.98 Å². The van der Waals surface area contributed by atoms with Gasteiger partial charge in [0, 0.05) is 12.0 Å². The molecule has 0 bridgehead atoms. The molecule has 0 radical (unpaired) electrons. The first-order valence-electron chi connectivity index (χ1n) is 7.90. The molecule has 4 nitrogen and oxygen atoms in total. The van der Waals surface area contributed by atoms with Crippen LogP contribution in [-0.2, 0) is 6.54 Å². The van der Waals surface area contributed by atoms with Gasteiger partial charge in [0.05, 0.1) is 6.54 Å². The van der Waals surface area contributed by atoms with Crippen LogP contribution in [0.5, 0.6) is 0 Å². The van der Waals surface area contributed by atoms with Gasteiger partial charge in [0.1, 0.15) is 12.2 Å². The van der Waals surface area contributed by atoms with Crippen molar-refractivity contribution < 1.29 is 0 Å².